The van der Waals surface area contributed by atoms with Crippen LogP contribution >= 0.6 is 0 Å². The van der Waals surface area contributed by atoms with Gasteiger partial charge in [-0.05, 0) is 35.7 Å². The number of hydrogen-bond acceptors (Lipinski definition) is 4. The summed E-state index contributed by atoms with van der Waals surface area (Å²) in [5.41, 5.74) is 0.733. The number of esters is 1. The smallest absolute Gasteiger partial charge is 0.336 e. The summed E-state index contributed by atoms with van der Waals surface area (Å²) in [7, 11) is 3.16. The van der Waals surface area contributed by atoms with Gasteiger partial charge in [0.25, 0.3) is 0 Å². The maximum absolute atomic E-state index is 12.2. The van der Waals surface area contributed by atoms with Crippen LogP contribution in [0.2, 0.25) is 0 Å². The molecule has 0 bridgehead atoms. The Bertz CT molecular complexity index is 923. The Morgan fingerprint density at radius 1 is 0.880 bits per heavy atom. The summed E-state index contributed by atoms with van der Waals surface area (Å²) in [4.78, 5) is 12.2. The van der Waals surface area contributed by atoms with Gasteiger partial charge in [0.1, 0.15) is 17.2 Å². The fourth-order valence-corrected chi connectivity index (χ4v) is 2.55. The SMILES string of the molecule is COc1ccc(OC)c(/C=C/C(=O)Oc2cccc3ccccc23)c1. The van der Waals surface area contributed by atoms with Gasteiger partial charge in [0, 0.05) is 17.0 Å². The lowest BCUT2D eigenvalue weighted by molar-refractivity contribution is -0.128. The predicted molar refractivity (Wildman–Crippen MR) is 98.2 cm³/mol. The van der Waals surface area contributed by atoms with Crippen LogP contribution in [0.4, 0.5) is 0 Å². The molecule has 0 aliphatic rings. The van der Waals surface area contributed by atoms with Crippen molar-refractivity contribution in [2.24, 2.45) is 0 Å². The molecule has 0 aromatic heterocycles. The molecule has 126 valence electrons. The molecule has 0 saturated carbocycles. The quantitative estimate of drug-likeness (QED) is 0.392. The normalized spacial score (nSPS) is 10.8. The van der Waals surface area contributed by atoms with Gasteiger partial charge in [-0.2, -0.15) is 0 Å². The average Bonchev–Trinajstić information content (AvgIpc) is 2.66. The number of carbonyl (C=O) groups is 1. The van der Waals surface area contributed by atoms with Crippen molar-refractivity contribution in [3.63, 3.8) is 0 Å². The van der Waals surface area contributed by atoms with Gasteiger partial charge in [0.05, 0.1) is 14.2 Å². The minimum Gasteiger partial charge on any atom is -0.497 e. The number of hydrogen-bond donors (Lipinski definition) is 0. The van der Waals surface area contributed by atoms with E-state index in [2.05, 4.69) is 0 Å². The Labute approximate surface area is 146 Å². The zero-order valence-electron chi connectivity index (χ0n) is 14.1. The summed E-state index contributed by atoms with van der Waals surface area (Å²) >= 11 is 0. The molecule has 3 rings (SSSR count). The summed E-state index contributed by atoms with van der Waals surface area (Å²) in [5.74, 6) is 1.41. The van der Waals surface area contributed by atoms with E-state index in [-0.39, 0.29) is 0 Å². The van der Waals surface area contributed by atoms with Crippen LogP contribution in [0.3, 0.4) is 0 Å². The highest BCUT2D eigenvalue weighted by atomic mass is 16.5. The van der Waals surface area contributed by atoms with Gasteiger partial charge < -0.3 is 14.2 Å². The topological polar surface area (TPSA) is 44.8 Å². The predicted octanol–water partition coefficient (Wildman–Crippen LogP) is 4.48. The standard InChI is InChI=1S/C21H18O4/c1-23-17-11-12-19(24-2)16(14-17)10-13-21(22)25-20-9-5-7-15-6-3-4-8-18(15)20/h3-14H,1-2H3/b13-10+. The number of methoxy groups -OCH3 is 2. The Morgan fingerprint density at radius 2 is 1.68 bits per heavy atom. The second kappa shape index (κ2) is 7.53. The molecule has 0 unspecified atom stereocenters. The van der Waals surface area contributed by atoms with E-state index in [4.69, 9.17) is 14.2 Å². The molecule has 4 heteroatoms. The van der Waals surface area contributed by atoms with Crippen molar-refractivity contribution in [2.45, 2.75) is 0 Å². The molecular weight excluding hydrogens is 316 g/mol. The van der Waals surface area contributed by atoms with Crippen LogP contribution in [-0.2, 0) is 4.79 Å². The second-order valence-corrected chi connectivity index (χ2v) is 5.34. The van der Waals surface area contributed by atoms with E-state index in [0.717, 1.165) is 16.3 Å². The first-order valence-corrected chi connectivity index (χ1v) is 7.81. The molecular formula is C21H18O4. The van der Waals surface area contributed by atoms with Crippen molar-refractivity contribution in [2.75, 3.05) is 14.2 Å². The first-order valence-electron chi connectivity index (χ1n) is 7.81. The highest BCUT2D eigenvalue weighted by molar-refractivity contribution is 5.94. The third-order valence-corrected chi connectivity index (χ3v) is 3.80. The van der Waals surface area contributed by atoms with Crippen LogP contribution in [-0.4, -0.2) is 20.2 Å². The molecule has 3 aromatic carbocycles. The van der Waals surface area contributed by atoms with E-state index >= 15 is 0 Å². The van der Waals surface area contributed by atoms with E-state index < -0.39 is 5.97 Å². The van der Waals surface area contributed by atoms with Gasteiger partial charge in [-0.15, -0.1) is 0 Å². The minimum atomic E-state index is -0.457. The third kappa shape index (κ3) is 3.80. The molecule has 25 heavy (non-hydrogen) atoms. The molecule has 3 aromatic rings. The van der Waals surface area contributed by atoms with E-state index in [1.54, 1.807) is 44.6 Å². The first-order chi connectivity index (χ1) is 12.2. The van der Waals surface area contributed by atoms with Crippen molar-refractivity contribution < 1.29 is 19.0 Å². The lowest BCUT2D eigenvalue weighted by Gasteiger charge is -2.08. The van der Waals surface area contributed by atoms with Gasteiger partial charge in [-0.3, -0.25) is 0 Å². The lowest BCUT2D eigenvalue weighted by atomic mass is 10.1. The number of fused-ring (bicyclic) bond motifs is 1. The van der Waals surface area contributed by atoms with Gasteiger partial charge in [-0.25, -0.2) is 4.79 Å². The van der Waals surface area contributed by atoms with Crippen LogP contribution < -0.4 is 14.2 Å². The Balaban J connectivity index is 1.81. The molecule has 0 aliphatic heterocycles. The highest BCUT2D eigenvalue weighted by Gasteiger charge is 2.07. The highest BCUT2D eigenvalue weighted by Crippen LogP contribution is 2.27. The molecule has 0 aliphatic carbocycles. The van der Waals surface area contributed by atoms with Crippen LogP contribution in [0.15, 0.2) is 66.7 Å². The van der Waals surface area contributed by atoms with Crippen LogP contribution in [0.5, 0.6) is 17.2 Å². The van der Waals surface area contributed by atoms with Crippen molar-refractivity contribution in [3.8, 4) is 17.2 Å². The van der Waals surface area contributed by atoms with Crippen LogP contribution in [0, 0.1) is 0 Å². The molecule has 0 N–H and O–H groups in total. The number of benzene rings is 3. The molecule has 0 spiro atoms. The van der Waals surface area contributed by atoms with Crippen molar-refractivity contribution in [1.29, 1.82) is 0 Å². The third-order valence-electron chi connectivity index (χ3n) is 3.80. The van der Waals surface area contributed by atoms with Crippen molar-refractivity contribution >= 4 is 22.8 Å². The van der Waals surface area contributed by atoms with E-state index in [9.17, 15) is 4.79 Å². The van der Waals surface area contributed by atoms with Gasteiger partial charge in [0.2, 0.25) is 0 Å². The molecule has 4 nitrogen and oxygen atoms in total. The molecule has 0 heterocycles. The fraction of sp³-hybridized carbons (Fsp3) is 0.0952. The number of ether oxygens (including phenoxy) is 3. The Morgan fingerprint density at radius 3 is 2.48 bits per heavy atom. The average molecular weight is 334 g/mol. The second-order valence-electron chi connectivity index (χ2n) is 5.34. The largest absolute Gasteiger partial charge is 0.497 e. The monoisotopic (exact) mass is 334 g/mol. The molecule has 0 radical (unpaired) electrons. The summed E-state index contributed by atoms with van der Waals surface area (Å²) < 4.78 is 16.0. The maximum atomic E-state index is 12.2. The summed E-state index contributed by atoms with van der Waals surface area (Å²) in [6.45, 7) is 0. The Kier molecular flexibility index (Phi) is 5.00. The van der Waals surface area contributed by atoms with Gasteiger partial charge in [-0.1, -0.05) is 36.4 Å². The van der Waals surface area contributed by atoms with E-state index in [1.807, 2.05) is 36.4 Å². The molecule has 0 amide bonds. The van der Waals surface area contributed by atoms with E-state index in [1.165, 1.54) is 6.08 Å². The molecule has 0 fully saturated rings. The fourth-order valence-electron chi connectivity index (χ4n) is 2.55. The summed E-state index contributed by atoms with van der Waals surface area (Å²) in [6, 6.07) is 18.7. The van der Waals surface area contributed by atoms with Crippen molar-refractivity contribution in [3.05, 3.63) is 72.3 Å². The van der Waals surface area contributed by atoms with E-state index in [0.29, 0.717) is 17.2 Å². The first kappa shape index (κ1) is 16.6. The minimum absolute atomic E-state index is 0.457. The zero-order chi connectivity index (χ0) is 17.6. The summed E-state index contributed by atoms with van der Waals surface area (Å²) in [6.07, 6.45) is 3.02. The number of rotatable bonds is 5. The van der Waals surface area contributed by atoms with Crippen LogP contribution in [0.1, 0.15) is 5.56 Å². The number of carbonyl (C=O) groups excluding carboxylic acids is 1. The molecule has 0 saturated heterocycles. The lowest BCUT2D eigenvalue weighted by Crippen LogP contribution is -2.04. The molecule has 0 atom stereocenters. The van der Waals surface area contributed by atoms with Crippen LogP contribution in [0.25, 0.3) is 16.8 Å². The van der Waals surface area contributed by atoms with Gasteiger partial charge in [0.15, 0.2) is 0 Å². The van der Waals surface area contributed by atoms with Crippen molar-refractivity contribution in [1.82, 2.24) is 0 Å². The zero-order valence-corrected chi connectivity index (χ0v) is 14.1. The maximum Gasteiger partial charge on any atom is 0.336 e. The Hall–Kier alpha value is -3.27. The summed E-state index contributed by atoms with van der Waals surface area (Å²) in [5, 5.41) is 1.91. The van der Waals surface area contributed by atoms with Gasteiger partial charge >= 0.3 is 5.97 Å².